The summed E-state index contributed by atoms with van der Waals surface area (Å²) >= 11 is 6.18. The van der Waals surface area contributed by atoms with Crippen LogP contribution in [0.2, 0.25) is 5.02 Å². The molecule has 3 rings (SSSR count). The van der Waals surface area contributed by atoms with Crippen molar-refractivity contribution in [3.05, 3.63) is 94.5 Å². The second-order valence-corrected chi connectivity index (χ2v) is 11.5. The molecule has 0 bridgehead atoms. The summed E-state index contributed by atoms with van der Waals surface area (Å²) in [4.78, 5) is 28.9. The monoisotopic (exact) mass is 571 g/mol. The number of benzene rings is 3. The predicted molar refractivity (Wildman–Crippen MR) is 155 cm³/mol. The Labute approximate surface area is 235 Å². The van der Waals surface area contributed by atoms with E-state index in [2.05, 4.69) is 5.32 Å². The summed E-state index contributed by atoms with van der Waals surface area (Å²) in [5.41, 5.74) is 2.82. The number of halogens is 1. The van der Waals surface area contributed by atoms with Crippen LogP contribution in [0.4, 0.5) is 5.69 Å². The smallest absolute Gasteiger partial charge is 0.244 e. The number of carbonyl (C=O) groups is 2. The lowest BCUT2D eigenvalue weighted by atomic mass is 10.0. The van der Waals surface area contributed by atoms with Gasteiger partial charge in [-0.2, -0.15) is 0 Å². The molecule has 2 amide bonds. The fourth-order valence-corrected chi connectivity index (χ4v) is 5.32. The van der Waals surface area contributed by atoms with Crippen molar-refractivity contribution in [1.82, 2.24) is 10.2 Å². The van der Waals surface area contributed by atoms with Gasteiger partial charge in [-0.25, -0.2) is 8.42 Å². The number of sulfonamides is 1. The molecule has 0 fully saturated rings. The number of methoxy groups -OCH3 is 1. The molecule has 208 valence electrons. The quantitative estimate of drug-likeness (QED) is 0.351. The van der Waals surface area contributed by atoms with Crippen molar-refractivity contribution in [3.63, 3.8) is 0 Å². The zero-order valence-electron chi connectivity index (χ0n) is 22.6. The van der Waals surface area contributed by atoms with Gasteiger partial charge < -0.3 is 15.0 Å². The van der Waals surface area contributed by atoms with Gasteiger partial charge in [0.15, 0.2) is 0 Å². The van der Waals surface area contributed by atoms with Crippen LogP contribution in [-0.4, -0.2) is 57.6 Å². The van der Waals surface area contributed by atoms with Crippen LogP contribution in [0.15, 0.2) is 72.8 Å². The second-order valence-electron chi connectivity index (χ2n) is 9.20. The van der Waals surface area contributed by atoms with Gasteiger partial charge in [-0.05, 0) is 43.2 Å². The van der Waals surface area contributed by atoms with E-state index in [0.717, 1.165) is 27.3 Å². The van der Waals surface area contributed by atoms with Crippen LogP contribution < -0.4 is 14.4 Å². The van der Waals surface area contributed by atoms with Crippen molar-refractivity contribution in [2.45, 2.75) is 32.9 Å². The van der Waals surface area contributed by atoms with E-state index in [-0.39, 0.29) is 35.3 Å². The zero-order chi connectivity index (χ0) is 28.6. The SMILES string of the molecule is CCNC(=O)[C@H](Cc1ccccc1)N(Cc1cccc(C)c1)C(=O)CN(c1cc(Cl)ccc1OC)S(C)(=O)=O. The fraction of sp³-hybridized carbons (Fsp3) is 0.310. The summed E-state index contributed by atoms with van der Waals surface area (Å²) < 4.78 is 32.2. The van der Waals surface area contributed by atoms with E-state index >= 15 is 0 Å². The molecule has 0 radical (unpaired) electrons. The number of aryl methyl sites for hydroxylation is 1. The van der Waals surface area contributed by atoms with Gasteiger partial charge in [0.1, 0.15) is 18.3 Å². The summed E-state index contributed by atoms with van der Waals surface area (Å²) in [6, 6.07) is 20.7. The molecule has 0 aliphatic rings. The highest BCUT2D eigenvalue weighted by atomic mass is 35.5. The first-order valence-electron chi connectivity index (χ1n) is 12.5. The molecular weight excluding hydrogens is 538 g/mol. The number of likely N-dealkylation sites (N-methyl/N-ethyl adjacent to an activating group) is 1. The molecule has 8 nitrogen and oxygen atoms in total. The number of nitrogens with one attached hydrogen (secondary N) is 1. The lowest BCUT2D eigenvalue weighted by molar-refractivity contribution is -0.140. The molecule has 0 saturated heterocycles. The van der Waals surface area contributed by atoms with E-state index in [1.807, 2.05) is 61.5 Å². The van der Waals surface area contributed by atoms with E-state index in [1.54, 1.807) is 13.0 Å². The van der Waals surface area contributed by atoms with Crippen molar-refractivity contribution in [1.29, 1.82) is 0 Å². The average Bonchev–Trinajstić information content (AvgIpc) is 2.89. The molecule has 10 heteroatoms. The summed E-state index contributed by atoms with van der Waals surface area (Å²) in [7, 11) is -2.54. The number of nitrogens with zero attached hydrogens (tertiary/aromatic N) is 2. The minimum atomic E-state index is -3.94. The van der Waals surface area contributed by atoms with E-state index < -0.39 is 28.5 Å². The van der Waals surface area contributed by atoms with E-state index in [4.69, 9.17) is 16.3 Å². The van der Waals surface area contributed by atoms with Crippen molar-refractivity contribution in [3.8, 4) is 5.75 Å². The van der Waals surface area contributed by atoms with Gasteiger partial charge in [-0.15, -0.1) is 0 Å². The summed E-state index contributed by atoms with van der Waals surface area (Å²) in [5, 5.41) is 3.12. The van der Waals surface area contributed by atoms with E-state index in [9.17, 15) is 18.0 Å². The number of hydrogen-bond acceptors (Lipinski definition) is 5. The highest BCUT2D eigenvalue weighted by Gasteiger charge is 2.33. The van der Waals surface area contributed by atoms with Crippen LogP contribution in [0.1, 0.15) is 23.6 Å². The Kier molecular flexibility index (Phi) is 10.4. The van der Waals surface area contributed by atoms with E-state index in [1.165, 1.54) is 24.1 Å². The standard InChI is InChI=1S/C29H34ClN3O5S/c1-5-31-29(35)26(17-22-11-7-6-8-12-22)32(19-23-13-9-10-21(2)16-23)28(34)20-33(39(4,36)37)25-18-24(30)14-15-27(25)38-3/h6-16,18,26H,5,17,19-20H2,1-4H3,(H,31,35)/t26-/m0/s1. The first kappa shape index (κ1) is 30.0. The lowest BCUT2D eigenvalue weighted by Gasteiger charge is -2.33. The molecule has 0 aromatic heterocycles. The summed E-state index contributed by atoms with van der Waals surface area (Å²) in [5.74, 6) is -0.628. The van der Waals surface area contributed by atoms with Gasteiger partial charge in [-0.1, -0.05) is 71.8 Å². The topological polar surface area (TPSA) is 96.0 Å². The Bertz CT molecular complexity index is 1400. The van der Waals surface area contributed by atoms with Crippen LogP contribution in [0.3, 0.4) is 0 Å². The predicted octanol–water partition coefficient (Wildman–Crippen LogP) is 4.20. The maximum absolute atomic E-state index is 14.1. The Morgan fingerprint density at radius 2 is 1.69 bits per heavy atom. The van der Waals surface area contributed by atoms with Crippen molar-refractivity contribution < 1.29 is 22.7 Å². The summed E-state index contributed by atoms with van der Waals surface area (Å²) in [6.45, 7) is 3.69. The number of carbonyl (C=O) groups excluding carboxylic acids is 2. The first-order valence-corrected chi connectivity index (χ1v) is 14.7. The molecule has 0 unspecified atom stereocenters. The normalized spacial score (nSPS) is 11.9. The number of amides is 2. The molecule has 3 aromatic carbocycles. The summed E-state index contributed by atoms with van der Waals surface area (Å²) in [6.07, 6.45) is 1.26. The van der Waals surface area contributed by atoms with Gasteiger partial charge in [0.05, 0.1) is 19.1 Å². The third-order valence-corrected chi connectivity index (χ3v) is 7.51. The highest BCUT2D eigenvalue weighted by molar-refractivity contribution is 7.92. The van der Waals surface area contributed by atoms with Crippen LogP contribution in [0, 0.1) is 6.92 Å². The van der Waals surface area contributed by atoms with Crippen LogP contribution >= 0.6 is 11.6 Å². The molecule has 0 saturated carbocycles. The fourth-order valence-electron chi connectivity index (χ4n) is 4.31. The Morgan fingerprint density at radius 3 is 2.31 bits per heavy atom. The van der Waals surface area contributed by atoms with Gasteiger partial charge in [0.25, 0.3) is 0 Å². The van der Waals surface area contributed by atoms with Gasteiger partial charge in [-0.3, -0.25) is 13.9 Å². The number of hydrogen-bond donors (Lipinski definition) is 1. The van der Waals surface area contributed by atoms with Gasteiger partial charge in [0.2, 0.25) is 21.8 Å². The van der Waals surface area contributed by atoms with Crippen molar-refractivity contribution >= 4 is 39.1 Å². The Morgan fingerprint density at radius 1 is 1.00 bits per heavy atom. The van der Waals surface area contributed by atoms with E-state index in [0.29, 0.717) is 6.54 Å². The molecular formula is C29H34ClN3O5S. The van der Waals surface area contributed by atoms with Gasteiger partial charge in [0, 0.05) is 24.5 Å². The Balaban J connectivity index is 2.08. The van der Waals surface area contributed by atoms with Crippen LogP contribution in [-0.2, 0) is 32.6 Å². The maximum Gasteiger partial charge on any atom is 0.244 e. The number of rotatable bonds is 12. The minimum Gasteiger partial charge on any atom is -0.495 e. The molecule has 0 aliphatic carbocycles. The molecule has 0 spiro atoms. The third-order valence-electron chi connectivity index (χ3n) is 6.15. The number of anilines is 1. The maximum atomic E-state index is 14.1. The first-order chi connectivity index (χ1) is 18.5. The second kappa shape index (κ2) is 13.5. The minimum absolute atomic E-state index is 0.111. The van der Waals surface area contributed by atoms with Gasteiger partial charge >= 0.3 is 0 Å². The van der Waals surface area contributed by atoms with Crippen molar-refractivity contribution in [2.75, 3.05) is 30.8 Å². The molecule has 1 atom stereocenters. The molecule has 1 N–H and O–H groups in total. The van der Waals surface area contributed by atoms with Crippen LogP contribution in [0.5, 0.6) is 5.75 Å². The third kappa shape index (κ3) is 8.21. The number of ether oxygens (including phenoxy) is 1. The largest absolute Gasteiger partial charge is 0.495 e. The van der Waals surface area contributed by atoms with Crippen LogP contribution in [0.25, 0.3) is 0 Å². The Hall–Kier alpha value is -3.56. The molecule has 39 heavy (non-hydrogen) atoms. The molecule has 3 aromatic rings. The van der Waals surface area contributed by atoms with Crippen molar-refractivity contribution in [2.24, 2.45) is 0 Å². The highest BCUT2D eigenvalue weighted by Crippen LogP contribution is 2.33. The average molecular weight is 572 g/mol. The molecule has 0 heterocycles. The zero-order valence-corrected chi connectivity index (χ0v) is 24.1. The lowest BCUT2D eigenvalue weighted by Crippen LogP contribution is -2.53. The molecule has 0 aliphatic heterocycles.